The van der Waals surface area contributed by atoms with E-state index in [1.165, 1.54) is 0 Å². The summed E-state index contributed by atoms with van der Waals surface area (Å²) in [5.41, 5.74) is 0.888. The van der Waals surface area contributed by atoms with Crippen LogP contribution in [0.2, 0.25) is 0 Å². The summed E-state index contributed by atoms with van der Waals surface area (Å²) in [6.45, 7) is 4.26. The van der Waals surface area contributed by atoms with E-state index in [0.717, 1.165) is 24.4 Å². The normalized spacial score (nSPS) is 10.7. The summed E-state index contributed by atoms with van der Waals surface area (Å²) in [7, 11) is 0. The van der Waals surface area contributed by atoms with Crippen molar-refractivity contribution in [2.24, 2.45) is 0 Å². The quantitative estimate of drug-likeness (QED) is 0.814. The SMILES string of the molecule is CCCn1ncnc1CNCc1ccccc1O. The van der Waals surface area contributed by atoms with Gasteiger partial charge in [0.25, 0.3) is 0 Å². The molecule has 18 heavy (non-hydrogen) atoms. The summed E-state index contributed by atoms with van der Waals surface area (Å²) >= 11 is 0. The second kappa shape index (κ2) is 6.16. The van der Waals surface area contributed by atoms with Crippen molar-refractivity contribution in [3.63, 3.8) is 0 Å². The fourth-order valence-electron chi connectivity index (χ4n) is 1.79. The highest BCUT2D eigenvalue weighted by molar-refractivity contribution is 5.31. The van der Waals surface area contributed by atoms with Gasteiger partial charge in [0.05, 0.1) is 6.54 Å². The van der Waals surface area contributed by atoms with E-state index < -0.39 is 0 Å². The van der Waals surface area contributed by atoms with Gasteiger partial charge < -0.3 is 10.4 Å². The fourth-order valence-corrected chi connectivity index (χ4v) is 1.79. The number of rotatable bonds is 6. The molecule has 2 N–H and O–H groups in total. The molecule has 0 amide bonds. The monoisotopic (exact) mass is 246 g/mol. The number of nitrogens with one attached hydrogen (secondary N) is 1. The summed E-state index contributed by atoms with van der Waals surface area (Å²) < 4.78 is 1.90. The summed E-state index contributed by atoms with van der Waals surface area (Å²) in [4.78, 5) is 4.22. The van der Waals surface area contributed by atoms with Gasteiger partial charge in [0.15, 0.2) is 0 Å². The van der Waals surface area contributed by atoms with Gasteiger partial charge in [-0.25, -0.2) is 9.67 Å². The first-order valence-electron chi connectivity index (χ1n) is 6.15. The Hall–Kier alpha value is -1.88. The molecule has 96 valence electrons. The van der Waals surface area contributed by atoms with Crippen molar-refractivity contribution in [2.75, 3.05) is 0 Å². The number of hydrogen-bond acceptors (Lipinski definition) is 4. The van der Waals surface area contributed by atoms with Crippen molar-refractivity contribution in [3.05, 3.63) is 42.0 Å². The van der Waals surface area contributed by atoms with Crippen LogP contribution in [0.1, 0.15) is 24.7 Å². The van der Waals surface area contributed by atoms with Gasteiger partial charge in [-0.1, -0.05) is 25.1 Å². The van der Waals surface area contributed by atoms with Crippen LogP contribution in [-0.2, 0) is 19.6 Å². The number of phenols is 1. The van der Waals surface area contributed by atoms with Gasteiger partial charge in [-0.3, -0.25) is 0 Å². The largest absolute Gasteiger partial charge is 0.508 e. The molecule has 1 heterocycles. The average Bonchev–Trinajstić information content (AvgIpc) is 2.80. The van der Waals surface area contributed by atoms with Gasteiger partial charge in [-0.15, -0.1) is 0 Å². The minimum Gasteiger partial charge on any atom is -0.508 e. The van der Waals surface area contributed by atoms with Crippen LogP contribution in [0.25, 0.3) is 0 Å². The van der Waals surface area contributed by atoms with Crippen molar-refractivity contribution in [1.29, 1.82) is 0 Å². The zero-order chi connectivity index (χ0) is 12.8. The fraction of sp³-hybridized carbons (Fsp3) is 0.385. The molecule has 0 saturated carbocycles. The Morgan fingerprint density at radius 1 is 1.28 bits per heavy atom. The minimum absolute atomic E-state index is 0.319. The van der Waals surface area contributed by atoms with Crippen LogP contribution in [0.3, 0.4) is 0 Å². The highest BCUT2D eigenvalue weighted by atomic mass is 16.3. The van der Waals surface area contributed by atoms with Crippen molar-refractivity contribution >= 4 is 0 Å². The number of phenolic OH excluding ortho intramolecular Hbond substituents is 1. The lowest BCUT2D eigenvalue weighted by atomic mass is 10.2. The first-order valence-corrected chi connectivity index (χ1v) is 6.15. The second-order valence-electron chi connectivity index (χ2n) is 4.13. The molecule has 0 bridgehead atoms. The number of nitrogens with zero attached hydrogens (tertiary/aromatic N) is 3. The van der Waals surface area contributed by atoms with Crippen LogP contribution >= 0.6 is 0 Å². The topological polar surface area (TPSA) is 63.0 Å². The lowest BCUT2D eigenvalue weighted by Gasteiger charge is -2.07. The Labute approximate surface area is 106 Å². The second-order valence-corrected chi connectivity index (χ2v) is 4.13. The molecule has 0 aliphatic carbocycles. The van der Waals surface area contributed by atoms with E-state index >= 15 is 0 Å². The van der Waals surface area contributed by atoms with Crippen molar-refractivity contribution < 1.29 is 5.11 Å². The molecule has 1 aromatic carbocycles. The highest BCUT2D eigenvalue weighted by Gasteiger charge is 2.04. The molecule has 1 aromatic heterocycles. The molecule has 2 rings (SSSR count). The molecule has 0 aliphatic heterocycles. The maximum absolute atomic E-state index is 9.63. The van der Waals surface area contributed by atoms with E-state index in [1.54, 1.807) is 12.4 Å². The van der Waals surface area contributed by atoms with Gasteiger partial charge in [0, 0.05) is 18.7 Å². The Morgan fingerprint density at radius 3 is 2.89 bits per heavy atom. The lowest BCUT2D eigenvalue weighted by molar-refractivity contribution is 0.462. The molecule has 0 fully saturated rings. The van der Waals surface area contributed by atoms with Crippen LogP contribution in [-0.4, -0.2) is 19.9 Å². The van der Waals surface area contributed by atoms with E-state index in [-0.39, 0.29) is 0 Å². The first-order chi connectivity index (χ1) is 8.81. The molecule has 0 atom stereocenters. The Morgan fingerprint density at radius 2 is 2.11 bits per heavy atom. The van der Waals surface area contributed by atoms with Crippen molar-refractivity contribution in [3.8, 4) is 5.75 Å². The van der Waals surface area contributed by atoms with Crippen LogP contribution < -0.4 is 5.32 Å². The maximum atomic E-state index is 9.63. The smallest absolute Gasteiger partial charge is 0.140 e. The van der Waals surface area contributed by atoms with Gasteiger partial charge in [-0.05, 0) is 12.5 Å². The van der Waals surface area contributed by atoms with E-state index in [2.05, 4.69) is 22.3 Å². The zero-order valence-corrected chi connectivity index (χ0v) is 10.5. The third kappa shape index (κ3) is 3.07. The maximum Gasteiger partial charge on any atom is 0.140 e. The summed E-state index contributed by atoms with van der Waals surface area (Å²) in [6, 6.07) is 7.32. The molecule has 0 unspecified atom stereocenters. The lowest BCUT2D eigenvalue weighted by Crippen LogP contribution is -2.17. The van der Waals surface area contributed by atoms with Gasteiger partial charge in [-0.2, -0.15) is 5.10 Å². The van der Waals surface area contributed by atoms with Gasteiger partial charge >= 0.3 is 0 Å². The molecular weight excluding hydrogens is 228 g/mol. The summed E-state index contributed by atoms with van der Waals surface area (Å²) in [5, 5.41) is 17.1. The molecule has 0 saturated heterocycles. The molecule has 0 spiro atoms. The molecule has 0 radical (unpaired) electrons. The van der Waals surface area contributed by atoms with Gasteiger partial charge in [0.1, 0.15) is 17.9 Å². The standard InChI is InChI=1S/C13H18N4O/c1-2-7-17-13(15-10-16-17)9-14-8-11-5-3-4-6-12(11)18/h3-6,10,14,18H,2,7-9H2,1H3. The Bertz CT molecular complexity index is 495. The van der Waals surface area contributed by atoms with Crippen molar-refractivity contribution in [1.82, 2.24) is 20.1 Å². The number of para-hydroxylation sites is 1. The minimum atomic E-state index is 0.319. The first kappa shape index (κ1) is 12.6. The average molecular weight is 246 g/mol. The Balaban J connectivity index is 1.88. The zero-order valence-electron chi connectivity index (χ0n) is 10.5. The highest BCUT2D eigenvalue weighted by Crippen LogP contribution is 2.14. The molecule has 2 aromatic rings. The van der Waals surface area contributed by atoms with Crippen LogP contribution in [0, 0.1) is 0 Å². The van der Waals surface area contributed by atoms with Crippen LogP contribution in [0.4, 0.5) is 0 Å². The number of aromatic hydroxyl groups is 1. The van der Waals surface area contributed by atoms with E-state index in [0.29, 0.717) is 18.8 Å². The summed E-state index contributed by atoms with van der Waals surface area (Å²) in [5.74, 6) is 1.24. The number of benzene rings is 1. The van der Waals surface area contributed by atoms with Crippen molar-refractivity contribution in [2.45, 2.75) is 33.0 Å². The molecule has 0 aliphatic rings. The summed E-state index contributed by atoms with van der Waals surface area (Å²) in [6.07, 6.45) is 2.61. The third-order valence-electron chi connectivity index (χ3n) is 2.72. The number of hydrogen-bond donors (Lipinski definition) is 2. The molecule has 5 heteroatoms. The predicted molar refractivity (Wildman–Crippen MR) is 69.0 cm³/mol. The van der Waals surface area contributed by atoms with E-state index in [4.69, 9.17) is 0 Å². The molecular formula is C13H18N4O. The van der Waals surface area contributed by atoms with E-state index in [9.17, 15) is 5.11 Å². The van der Waals surface area contributed by atoms with E-state index in [1.807, 2.05) is 22.9 Å². The van der Waals surface area contributed by atoms with Crippen LogP contribution in [0.15, 0.2) is 30.6 Å². The third-order valence-corrected chi connectivity index (χ3v) is 2.72. The van der Waals surface area contributed by atoms with Crippen LogP contribution in [0.5, 0.6) is 5.75 Å². The number of aryl methyl sites for hydroxylation is 1. The van der Waals surface area contributed by atoms with Gasteiger partial charge in [0.2, 0.25) is 0 Å². The number of aromatic nitrogens is 3. The Kier molecular flexibility index (Phi) is 4.30. The predicted octanol–water partition coefficient (Wildman–Crippen LogP) is 1.68. The molecule has 5 nitrogen and oxygen atoms in total.